The SMILES string of the molecule is CN[C@@H](C)C(=O)C[C@H](C(=O)N1CCC[C@H]1C(=O)Cc1cc2c(Nc3ccc(CN4CCCCC4)cc3)ncnc2cc1OC)C(C)(C)C. The molecule has 3 heterocycles. The van der Waals surface area contributed by atoms with Gasteiger partial charge < -0.3 is 20.3 Å². The first-order valence-electron chi connectivity index (χ1n) is 17.4. The zero-order chi connectivity index (χ0) is 34.4. The number of rotatable bonds is 13. The lowest BCUT2D eigenvalue weighted by atomic mass is 9.76. The van der Waals surface area contributed by atoms with Crippen molar-refractivity contribution >= 4 is 39.9 Å². The van der Waals surface area contributed by atoms with Gasteiger partial charge in [-0.25, -0.2) is 9.97 Å². The number of ketones is 2. The Hall–Kier alpha value is -3.89. The van der Waals surface area contributed by atoms with Crippen molar-refractivity contribution in [2.75, 3.05) is 39.1 Å². The monoisotopic (exact) mass is 656 g/mol. The van der Waals surface area contributed by atoms with Gasteiger partial charge in [-0.2, -0.15) is 0 Å². The van der Waals surface area contributed by atoms with E-state index in [0.29, 0.717) is 30.0 Å². The van der Waals surface area contributed by atoms with E-state index < -0.39 is 17.4 Å². The molecule has 2 saturated heterocycles. The van der Waals surface area contributed by atoms with E-state index >= 15 is 0 Å². The van der Waals surface area contributed by atoms with E-state index in [1.807, 2.05) is 39.8 Å². The molecular weight excluding hydrogens is 604 g/mol. The maximum absolute atomic E-state index is 14.0. The van der Waals surface area contributed by atoms with Gasteiger partial charge in [0.1, 0.15) is 23.7 Å². The predicted molar refractivity (Wildman–Crippen MR) is 189 cm³/mol. The van der Waals surface area contributed by atoms with Gasteiger partial charge in [-0.05, 0) is 81.9 Å². The van der Waals surface area contributed by atoms with Crippen LogP contribution in [-0.2, 0) is 27.3 Å². The van der Waals surface area contributed by atoms with Crippen LogP contribution < -0.4 is 15.4 Å². The molecule has 2 fully saturated rings. The number of ether oxygens (including phenoxy) is 1. The minimum absolute atomic E-state index is 0.00576. The van der Waals surface area contributed by atoms with Crippen molar-refractivity contribution in [3.63, 3.8) is 0 Å². The summed E-state index contributed by atoms with van der Waals surface area (Å²) in [6, 6.07) is 11.3. The van der Waals surface area contributed by atoms with Crippen LogP contribution in [-0.4, -0.2) is 83.1 Å². The van der Waals surface area contributed by atoms with Crippen LogP contribution in [0.4, 0.5) is 11.5 Å². The highest BCUT2D eigenvalue weighted by atomic mass is 16.5. The number of piperidine rings is 1. The molecule has 3 atom stereocenters. The minimum atomic E-state index is -0.548. The first-order chi connectivity index (χ1) is 23.0. The fraction of sp³-hybridized carbons (Fsp3) is 0.553. The molecule has 5 rings (SSSR count). The van der Waals surface area contributed by atoms with Gasteiger partial charge >= 0.3 is 0 Å². The summed E-state index contributed by atoms with van der Waals surface area (Å²) in [5.74, 6) is 0.519. The fourth-order valence-electron chi connectivity index (χ4n) is 6.94. The zero-order valence-corrected chi connectivity index (χ0v) is 29.5. The molecule has 10 heteroatoms. The summed E-state index contributed by atoms with van der Waals surface area (Å²) >= 11 is 0. The maximum atomic E-state index is 14.0. The summed E-state index contributed by atoms with van der Waals surface area (Å²) in [6.45, 7) is 11.5. The lowest BCUT2D eigenvalue weighted by Gasteiger charge is -2.35. The van der Waals surface area contributed by atoms with E-state index in [-0.39, 0.29) is 36.4 Å². The van der Waals surface area contributed by atoms with Gasteiger partial charge in [0.25, 0.3) is 0 Å². The third-order valence-corrected chi connectivity index (χ3v) is 10.0. The van der Waals surface area contributed by atoms with E-state index in [0.717, 1.165) is 42.7 Å². The fourth-order valence-corrected chi connectivity index (χ4v) is 6.94. The number of Topliss-reactive ketones (excluding diaryl/α,β-unsaturated/α-hetero) is 2. The normalized spacial score (nSPS) is 18.5. The highest BCUT2D eigenvalue weighted by Crippen LogP contribution is 2.35. The number of hydrogen-bond acceptors (Lipinski definition) is 9. The summed E-state index contributed by atoms with van der Waals surface area (Å²) in [6.07, 6.45) is 6.97. The third kappa shape index (κ3) is 8.39. The number of nitrogens with zero attached hydrogens (tertiary/aromatic N) is 4. The molecule has 2 N–H and O–H groups in total. The second-order valence-electron chi connectivity index (χ2n) is 14.5. The van der Waals surface area contributed by atoms with E-state index in [9.17, 15) is 14.4 Å². The Morgan fingerprint density at radius 1 is 1.00 bits per heavy atom. The second-order valence-corrected chi connectivity index (χ2v) is 14.5. The zero-order valence-electron chi connectivity index (χ0n) is 29.5. The van der Waals surface area contributed by atoms with Crippen molar-refractivity contribution in [1.29, 1.82) is 0 Å². The Morgan fingerprint density at radius 3 is 2.40 bits per heavy atom. The van der Waals surface area contributed by atoms with Crippen molar-refractivity contribution in [3.05, 3.63) is 53.9 Å². The lowest BCUT2D eigenvalue weighted by molar-refractivity contribution is -0.145. The topological polar surface area (TPSA) is 117 Å². The predicted octanol–water partition coefficient (Wildman–Crippen LogP) is 5.70. The van der Waals surface area contributed by atoms with Crippen LogP contribution in [0.25, 0.3) is 10.9 Å². The highest BCUT2D eigenvalue weighted by molar-refractivity contribution is 5.96. The number of nitrogens with one attached hydrogen (secondary N) is 2. The molecule has 0 aliphatic carbocycles. The first kappa shape index (κ1) is 35.4. The first-order valence-corrected chi connectivity index (χ1v) is 17.4. The van der Waals surface area contributed by atoms with Gasteiger partial charge in [0.2, 0.25) is 5.91 Å². The van der Waals surface area contributed by atoms with Crippen LogP contribution in [0.2, 0.25) is 0 Å². The Kier molecular flexibility index (Phi) is 11.5. The van der Waals surface area contributed by atoms with Crippen LogP contribution in [0.3, 0.4) is 0 Å². The molecule has 0 bridgehead atoms. The summed E-state index contributed by atoms with van der Waals surface area (Å²) < 4.78 is 5.72. The van der Waals surface area contributed by atoms with Crippen molar-refractivity contribution in [1.82, 2.24) is 25.1 Å². The molecular formula is C38H52N6O4. The highest BCUT2D eigenvalue weighted by Gasteiger charge is 2.42. The molecule has 2 aromatic carbocycles. The number of anilines is 2. The molecule has 2 aliphatic rings. The summed E-state index contributed by atoms with van der Waals surface area (Å²) in [5, 5.41) is 7.22. The lowest BCUT2D eigenvalue weighted by Crippen LogP contribution is -2.48. The maximum Gasteiger partial charge on any atom is 0.227 e. The minimum Gasteiger partial charge on any atom is -0.496 e. The van der Waals surface area contributed by atoms with Gasteiger partial charge in [-0.3, -0.25) is 19.3 Å². The van der Waals surface area contributed by atoms with Crippen molar-refractivity contribution in [3.8, 4) is 5.75 Å². The number of likely N-dealkylation sites (tertiary alicyclic amines) is 2. The molecule has 48 heavy (non-hydrogen) atoms. The van der Waals surface area contributed by atoms with E-state index in [1.165, 1.54) is 31.2 Å². The van der Waals surface area contributed by atoms with Crippen LogP contribution in [0.1, 0.15) is 77.3 Å². The molecule has 1 amide bonds. The number of amides is 1. The Balaban J connectivity index is 1.34. The molecule has 0 unspecified atom stereocenters. The number of methoxy groups -OCH3 is 1. The van der Waals surface area contributed by atoms with Gasteiger partial charge in [0.15, 0.2) is 5.78 Å². The van der Waals surface area contributed by atoms with E-state index in [4.69, 9.17) is 4.74 Å². The molecule has 258 valence electrons. The Bertz CT molecular complexity index is 1600. The Morgan fingerprint density at radius 2 is 1.73 bits per heavy atom. The Labute approximate surface area is 285 Å². The quantitative estimate of drug-likeness (QED) is 0.239. The largest absolute Gasteiger partial charge is 0.496 e. The van der Waals surface area contributed by atoms with Crippen molar-refractivity contribution < 1.29 is 19.1 Å². The van der Waals surface area contributed by atoms with Gasteiger partial charge in [0, 0.05) is 54.6 Å². The summed E-state index contributed by atoms with van der Waals surface area (Å²) in [5.41, 5.74) is 3.19. The molecule has 10 nitrogen and oxygen atoms in total. The van der Waals surface area contributed by atoms with Gasteiger partial charge in [0.05, 0.1) is 24.7 Å². The van der Waals surface area contributed by atoms with Crippen LogP contribution in [0.5, 0.6) is 5.75 Å². The number of hydrogen-bond donors (Lipinski definition) is 2. The molecule has 1 aromatic heterocycles. The number of fused-ring (bicyclic) bond motifs is 1. The third-order valence-electron chi connectivity index (χ3n) is 10.0. The van der Waals surface area contributed by atoms with Crippen LogP contribution in [0, 0.1) is 11.3 Å². The van der Waals surface area contributed by atoms with Crippen LogP contribution >= 0.6 is 0 Å². The number of carbonyl (C=O) groups excluding carboxylic acids is 3. The molecule has 0 radical (unpaired) electrons. The molecule has 3 aromatic rings. The standard InChI is InChI=1S/C38H52N6O4/c1-25(39-5)33(45)21-30(38(2,3)4)37(47)44-18-10-11-32(44)34(46)20-27-19-29-31(22-35(27)48-6)40-24-41-36(29)42-28-14-12-26(13-15-28)23-43-16-8-7-9-17-43/h12-15,19,22,24-25,30,32,39H,7-11,16-18,20-21,23H2,1-6H3,(H,40,41,42)/t25-,30+,32-/m0/s1. The average Bonchev–Trinajstić information content (AvgIpc) is 3.58. The molecule has 2 aliphatic heterocycles. The summed E-state index contributed by atoms with van der Waals surface area (Å²) in [4.78, 5) is 54.1. The van der Waals surface area contributed by atoms with Crippen LogP contribution in [0.15, 0.2) is 42.7 Å². The molecule has 0 spiro atoms. The number of aromatic nitrogens is 2. The summed E-state index contributed by atoms with van der Waals surface area (Å²) in [7, 11) is 3.33. The van der Waals surface area contributed by atoms with Gasteiger partial charge in [-0.1, -0.05) is 39.3 Å². The number of likely N-dealkylation sites (N-methyl/N-ethyl adjacent to an activating group) is 1. The van der Waals surface area contributed by atoms with E-state index in [2.05, 4.69) is 49.8 Å². The smallest absolute Gasteiger partial charge is 0.227 e. The second kappa shape index (κ2) is 15.6. The number of carbonyl (C=O) groups is 3. The van der Waals surface area contributed by atoms with Crippen molar-refractivity contribution in [2.24, 2.45) is 11.3 Å². The van der Waals surface area contributed by atoms with Crippen molar-refractivity contribution in [2.45, 2.75) is 91.3 Å². The van der Waals surface area contributed by atoms with E-state index in [1.54, 1.807) is 19.1 Å². The average molecular weight is 657 g/mol. The molecule has 0 saturated carbocycles. The number of benzene rings is 2. The van der Waals surface area contributed by atoms with Gasteiger partial charge in [-0.15, -0.1) is 0 Å².